The van der Waals surface area contributed by atoms with Gasteiger partial charge in [0.05, 0.1) is 12.2 Å². The van der Waals surface area contributed by atoms with Crippen molar-refractivity contribution in [3.63, 3.8) is 0 Å². The number of carbonyl (C=O) groups excluding carboxylic acids is 1. The van der Waals surface area contributed by atoms with Crippen LogP contribution in [-0.4, -0.2) is 12.5 Å². The molecule has 4 heteroatoms. The Balaban J connectivity index is 1.94. The summed E-state index contributed by atoms with van der Waals surface area (Å²) in [6, 6.07) is 13.9. The van der Waals surface area contributed by atoms with E-state index in [0.29, 0.717) is 6.54 Å². The Morgan fingerprint density at radius 2 is 1.95 bits per heavy atom. The maximum absolute atomic E-state index is 12.1. The topological polar surface area (TPSA) is 29.5 Å². The van der Waals surface area contributed by atoms with Gasteiger partial charge in [-0.15, -0.1) is 0 Å². The smallest absolute Gasteiger partial charge is 0.265 e. The van der Waals surface area contributed by atoms with Crippen LogP contribution in [0.3, 0.4) is 0 Å². The van der Waals surface area contributed by atoms with Crippen LogP contribution in [0.4, 0.5) is 5.69 Å². The van der Waals surface area contributed by atoms with Crippen LogP contribution in [0.1, 0.15) is 11.1 Å². The van der Waals surface area contributed by atoms with Gasteiger partial charge in [-0.25, -0.2) is 0 Å². The van der Waals surface area contributed by atoms with Gasteiger partial charge >= 0.3 is 0 Å². The number of rotatable bonds is 2. The van der Waals surface area contributed by atoms with E-state index < -0.39 is 0 Å². The van der Waals surface area contributed by atoms with Crippen molar-refractivity contribution in [2.75, 3.05) is 11.5 Å². The first-order chi connectivity index (χ1) is 9.63. The van der Waals surface area contributed by atoms with Gasteiger partial charge in [0, 0.05) is 4.47 Å². The van der Waals surface area contributed by atoms with E-state index in [-0.39, 0.29) is 12.5 Å². The highest BCUT2D eigenvalue weighted by Crippen LogP contribution is 2.33. The number of halogens is 1. The average molecular weight is 332 g/mol. The molecular weight excluding hydrogens is 318 g/mol. The second-order valence-electron chi connectivity index (χ2n) is 4.87. The van der Waals surface area contributed by atoms with Crippen molar-refractivity contribution in [1.82, 2.24) is 0 Å². The summed E-state index contributed by atoms with van der Waals surface area (Å²) in [7, 11) is 0. The fourth-order valence-corrected chi connectivity index (χ4v) is 2.52. The van der Waals surface area contributed by atoms with Crippen LogP contribution in [0.5, 0.6) is 5.75 Å². The number of nitrogens with zero attached hydrogens (tertiary/aromatic N) is 1. The molecule has 0 N–H and O–H groups in total. The predicted molar refractivity (Wildman–Crippen MR) is 82.0 cm³/mol. The number of benzene rings is 2. The van der Waals surface area contributed by atoms with Crippen molar-refractivity contribution in [1.29, 1.82) is 0 Å². The lowest BCUT2D eigenvalue weighted by molar-refractivity contribution is -0.121. The average Bonchev–Trinajstić information content (AvgIpc) is 2.44. The summed E-state index contributed by atoms with van der Waals surface area (Å²) in [6.45, 7) is 2.68. The van der Waals surface area contributed by atoms with Crippen molar-refractivity contribution >= 4 is 27.5 Å². The molecule has 0 radical (unpaired) electrons. The molecule has 1 heterocycles. The van der Waals surface area contributed by atoms with Gasteiger partial charge < -0.3 is 9.64 Å². The molecule has 0 unspecified atom stereocenters. The molecule has 0 bridgehead atoms. The highest BCUT2D eigenvalue weighted by molar-refractivity contribution is 9.10. The normalized spacial score (nSPS) is 13.9. The van der Waals surface area contributed by atoms with Gasteiger partial charge in [-0.3, -0.25) is 4.79 Å². The van der Waals surface area contributed by atoms with Crippen molar-refractivity contribution in [3.05, 3.63) is 58.1 Å². The summed E-state index contributed by atoms with van der Waals surface area (Å²) in [4.78, 5) is 13.9. The molecule has 0 aliphatic carbocycles. The molecule has 2 aromatic carbocycles. The first kappa shape index (κ1) is 13.2. The van der Waals surface area contributed by atoms with E-state index in [1.807, 2.05) is 49.4 Å². The molecule has 102 valence electrons. The third-order valence-corrected chi connectivity index (χ3v) is 3.84. The van der Waals surface area contributed by atoms with Crippen LogP contribution in [-0.2, 0) is 11.3 Å². The Kier molecular flexibility index (Phi) is 3.49. The highest BCUT2D eigenvalue weighted by atomic mass is 79.9. The maximum atomic E-state index is 12.1. The molecule has 1 aliphatic heterocycles. The molecule has 0 saturated heterocycles. The largest absolute Gasteiger partial charge is 0.482 e. The minimum atomic E-state index is -0.00832. The Morgan fingerprint density at radius 1 is 1.20 bits per heavy atom. The molecule has 20 heavy (non-hydrogen) atoms. The van der Waals surface area contributed by atoms with Crippen LogP contribution in [0.25, 0.3) is 0 Å². The highest BCUT2D eigenvalue weighted by Gasteiger charge is 2.25. The second-order valence-corrected chi connectivity index (χ2v) is 5.78. The summed E-state index contributed by atoms with van der Waals surface area (Å²) in [6.07, 6.45) is 0. The van der Waals surface area contributed by atoms with E-state index in [0.717, 1.165) is 27.0 Å². The third-order valence-electron chi connectivity index (χ3n) is 3.31. The Hall–Kier alpha value is -1.81. The SMILES string of the molecule is Cc1ccc2c(c1)N(Cc1ccc(Br)cc1)C(=O)CO2. The van der Waals surface area contributed by atoms with E-state index in [9.17, 15) is 4.79 Å². The number of fused-ring (bicyclic) bond motifs is 1. The number of ether oxygens (including phenoxy) is 1. The van der Waals surface area contributed by atoms with E-state index in [1.54, 1.807) is 4.90 Å². The number of hydrogen-bond acceptors (Lipinski definition) is 2. The molecule has 1 amide bonds. The zero-order chi connectivity index (χ0) is 14.1. The lowest BCUT2D eigenvalue weighted by Crippen LogP contribution is -2.38. The van der Waals surface area contributed by atoms with Crippen molar-refractivity contribution in [3.8, 4) is 5.75 Å². The van der Waals surface area contributed by atoms with Gasteiger partial charge in [-0.2, -0.15) is 0 Å². The third kappa shape index (κ3) is 2.56. The van der Waals surface area contributed by atoms with E-state index in [1.165, 1.54) is 0 Å². The monoisotopic (exact) mass is 331 g/mol. The van der Waals surface area contributed by atoms with Gasteiger partial charge in [0.25, 0.3) is 5.91 Å². The fraction of sp³-hybridized carbons (Fsp3) is 0.188. The second kappa shape index (κ2) is 5.29. The molecule has 0 atom stereocenters. The first-order valence-electron chi connectivity index (χ1n) is 6.42. The van der Waals surface area contributed by atoms with Crippen LogP contribution in [0.2, 0.25) is 0 Å². The molecule has 0 saturated carbocycles. The standard InChI is InChI=1S/C16H14BrNO2/c1-11-2-7-15-14(8-11)18(16(19)10-20-15)9-12-3-5-13(17)6-4-12/h2-8H,9-10H2,1H3. The maximum Gasteiger partial charge on any atom is 0.265 e. The van der Waals surface area contributed by atoms with Gasteiger partial charge in [-0.05, 0) is 42.3 Å². The van der Waals surface area contributed by atoms with Gasteiger partial charge in [0.2, 0.25) is 0 Å². The number of hydrogen-bond donors (Lipinski definition) is 0. The molecule has 1 aliphatic rings. The molecule has 0 fully saturated rings. The van der Waals surface area contributed by atoms with Gasteiger partial charge in [0.15, 0.2) is 6.61 Å². The first-order valence-corrected chi connectivity index (χ1v) is 7.21. The van der Waals surface area contributed by atoms with Gasteiger partial charge in [-0.1, -0.05) is 34.1 Å². The van der Waals surface area contributed by atoms with Crippen molar-refractivity contribution in [2.45, 2.75) is 13.5 Å². The molecule has 3 nitrogen and oxygen atoms in total. The summed E-state index contributed by atoms with van der Waals surface area (Å²) in [5.41, 5.74) is 3.06. The van der Waals surface area contributed by atoms with Crippen LogP contribution in [0.15, 0.2) is 46.9 Å². The van der Waals surface area contributed by atoms with Crippen LogP contribution in [0, 0.1) is 6.92 Å². The predicted octanol–water partition coefficient (Wildman–Crippen LogP) is 3.68. The van der Waals surface area contributed by atoms with E-state index in [2.05, 4.69) is 15.9 Å². The van der Waals surface area contributed by atoms with Crippen LogP contribution >= 0.6 is 15.9 Å². The number of aryl methyl sites for hydroxylation is 1. The quantitative estimate of drug-likeness (QED) is 0.840. The molecule has 0 aromatic heterocycles. The Labute approximate surface area is 126 Å². The number of amides is 1. The summed E-state index contributed by atoms with van der Waals surface area (Å²) < 4.78 is 6.51. The summed E-state index contributed by atoms with van der Waals surface area (Å²) in [5.74, 6) is 0.762. The molecule has 0 spiro atoms. The van der Waals surface area contributed by atoms with E-state index >= 15 is 0 Å². The lowest BCUT2D eigenvalue weighted by atomic mass is 10.1. The van der Waals surface area contributed by atoms with Gasteiger partial charge in [0.1, 0.15) is 5.75 Å². The Morgan fingerprint density at radius 3 is 2.70 bits per heavy atom. The fourth-order valence-electron chi connectivity index (χ4n) is 2.26. The van der Waals surface area contributed by atoms with Crippen LogP contribution < -0.4 is 9.64 Å². The number of anilines is 1. The zero-order valence-corrected chi connectivity index (χ0v) is 12.7. The molecule has 2 aromatic rings. The van der Waals surface area contributed by atoms with Crippen molar-refractivity contribution < 1.29 is 9.53 Å². The minimum Gasteiger partial charge on any atom is -0.482 e. The molecule has 3 rings (SSSR count). The Bertz CT molecular complexity index is 652. The summed E-state index contributed by atoms with van der Waals surface area (Å²) >= 11 is 3.42. The summed E-state index contributed by atoms with van der Waals surface area (Å²) in [5, 5.41) is 0. The minimum absolute atomic E-state index is 0.00832. The van der Waals surface area contributed by atoms with E-state index in [4.69, 9.17) is 4.74 Å². The molecular formula is C16H14BrNO2. The lowest BCUT2D eigenvalue weighted by Gasteiger charge is -2.29. The number of carbonyl (C=O) groups is 1. The van der Waals surface area contributed by atoms with Crippen molar-refractivity contribution in [2.24, 2.45) is 0 Å². The zero-order valence-electron chi connectivity index (χ0n) is 11.1.